The Morgan fingerprint density at radius 2 is 1.93 bits per heavy atom. The maximum Gasteiger partial charge on any atom is 0.574 e. The van der Waals surface area contributed by atoms with Crippen LogP contribution < -0.4 is 4.74 Å². The number of aromatic hydroxyl groups is 1. The molecule has 0 amide bonds. The normalized spacial score (nSPS) is 11.5. The van der Waals surface area contributed by atoms with Crippen LogP contribution in [0, 0.1) is 0 Å². The van der Waals surface area contributed by atoms with Crippen LogP contribution in [0.2, 0.25) is 0 Å². The van der Waals surface area contributed by atoms with Gasteiger partial charge in [-0.2, -0.15) is 0 Å². The summed E-state index contributed by atoms with van der Waals surface area (Å²) in [6.07, 6.45) is -4.88. The van der Waals surface area contributed by atoms with Crippen molar-refractivity contribution < 1.29 is 23.0 Å². The molecule has 3 nitrogen and oxygen atoms in total. The first-order valence-corrected chi connectivity index (χ1v) is 4.69. The first-order chi connectivity index (χ1) is 6.29. The molecule has 0 radical (unpaired) electrons. The Labute approximate surface area is 93.2 Å². The molecular formula is C6H2Br2F3NO2. The van der Waals surface area contributed by atoms with Gasteiger partial charge in [-0.25, -0.2) is 4.98 Å². The van der Waals surface area contributed by atoms with E-state index in [0.717, 1.165) is 0 Å². The minimum absolute atomic E-state index is 0.0543. The summed E-state index contributed by atoms with van der Waals surface area (Å²) >= 11 is 5.69. The molecule has 1 aromatic rings. The van der Waals surface area contributed by atoms with Gasteiger partial charge in [-0.05, 0) is 37.9 Å². The second-order valence-corrected chi connectivity index (χ2v) is 3.80. The average Bonchev–Trinajstić information content (AvgIpc) is 1.96. The number of rotatable bonds is 1. The quantitative estimate of drug-likeness (QED) is 0.801. The third-order valence-electron chi connectivity index (χ3n) is 1.10. The zero-order valence-electron chi connectivity index (χ0n) is 6.27. The van der Waals surface area contributed by atoms with Gasteiger partial charge in [0.25, 0.3) is 5.88 Å². The fourth-order valence-electron chi connectivity index (χ4n) is 0.638. The Kier molecular flexibility index (Phi) is 3.25. The molecule has 0 bridgehead atoms. The topological polar surface area (TPSA) is 42.4 Å². The summed E-state index contributed by atoms with van der Waals surface area (Å²) in [6.45, 7) is 0. The predicted molar refractivity (Wildman–Crippen MR) is 48.0 cm³/mol. The van der Waals surface area contributed by atoms with Crippen LogP contribution >= 0.6 is 31.9 Å². The Bertz CT molecular complexity index is 356. The van der Waals surface area contributed by atoms with E-state index in [4.69, 9.17) is 5.11 Å². The largest absolute Gasteiger partial charge is 0.574 e. The number of ether oxygens (including phenoxy) is 1. The van der Waals surface area contributed by atoms with E-state index in [1.165, 1.54) is 6.07 Å². The molecule has 0 aliphatic carbocycles. The van der Waals surface area contributed by atoms with Gasteiger partial charge in [-0.3, -0.25) is 0 Å². The highest BCUT2D eigenvalue weighted by atomic mass is 79.9. The molecule has 1 heterocycles. The molecule has 1 aromatic heterocycles. The van der Waals surface area contributed by atoms with E-state index >= 15 is 0 Å². The third-order valence-corrected chi connectivity index (χ3v) is 2.11. The fraction of sp³-hybridized carbons (Fsp3) is 0.167. The number of halogens is 5. The van der Waals surface area contributed by atoms with Crippen LogP contribution in [0.25, 0.3) is 0 Å². The average molecular weight is 337 g/mol. The van der Waals surface area contributed by atoms with Crippen LogP contribution in [-0.2, 0) is 0 Å². The van der Waals surface area contributed by atoms with E-state index < -0.39 is 18.0 Å². The van der Waals surface area contributed by atoms with Crippen LogP contribution in [0.1, 0.15) is 0 Å². The number of hydrogen-bond donors (Lipinski definition) is 1. The zero-order valence-corrected chi connectivity index (χ0v) is 9.44. The van der Waals surface area contributed by atoms with Gasteiger partial charge in [0.05, 0.1) is 4.47 Å². The second kappa shape index (κ2) is 3.93. The number of nitrogens with zero attached hydrogens (tertiary/aromatic N) is 1. The van der Waals surface area contributed by atoms with Gasteiger partial charge in [0, 0.05) is 0 Å². The van der Waals surface area contributed by atoms with Crippen molar-refractivity contribution in [2.75, 3.05) is 0 Å². The van der Waals surface area contributed by atoms with Crippen molar-refractivity contribution in [2.45, 2.75) is 6.36 Å². The van der Waals surface area contributed by atoms with Gasteiger partial charge < -0.3 is 9.84 Å². The molecule has 0 aromatic carbocycles. The lowest BCUT2D eigenvalue weighted by Gasteiger charge is -2.10. The Morgan fingerprint density at radius 3 is 2.43 bits per heavy atom. The molecule has 0 aliphatic rings. The van der Waals surface area contributed by atoms with Gasteiger partial charge in [0.15, 0.2) is 5.75 Å². The monoisotopic (exact) mass is 335 g/mol. The molecule has 8 heteroatoms. The number of pyridine rings is 1. The van der Waals surface area contributed by atoms with E-state index in [-0.39, 0.29) is 9.08 Å². The lowest BCUT2D eigenvalue weighted by Crippen LogP contribution is -2.18. The van der Waals surface area contributed by atoms with E-state index in [1.807, 2.05) is 0 Å². The summed E-state index contributed by atoms with van der Waals surface area (Å²) in [5.41, 5.74) is 0. The van der Waals surface area contributed by atoms with Crippen LogP contribution in [0.4, 0.5) is 13.2 Å². The number of aromatic nitrogens is 1. The molecule has 14 heavy (non-hydrogen) atoms. The summed E-state index contributed by atoms with van der Waals surface area (Å²) in [4.78, 5) is 3.31. The minimum atomic E-state index is -4.88. The lowest BCUT2D eigenvalue weighted by molar-refractivity contribution is -0.276. The summed E-state index contributed by atoms with van der Waals surface area (Å²) in [6, 6.07) is 1.29. The number of hydrogen-bond acceptors (Lipinski definition) is 3. The highest BCUT2D eigenvalue weighted by Gasteiger charge is 2.33. The van der Waals surface area contributed by atoms with Crippen molar-refractivity contribution in [1.82, 2.24) is 4.98 Å². The van der Waals surface area contributed by atoms with Crippen molar-refractivity contribution in [2.24, 2.45) is 0 Å². The van der Waals surface area contributed by atoms with Crippen molar-refractivity contribution >= 4 is 31.9 Å². The summed E-state index contributed by atoms with van der Waals surface area (Å²) in [5.74, 6) is -1.61. The Morgan fingerprint density at radius 1 is 1.36 bits per heavy atom. The molecule has 0 aliphatic heterocycles. The van der Waals surface area contributed by atoms with Gasteiger partial charge >= 0.3 is 6.36 Å². The number of alkyl halides is 3. The van der Waals surface area contributed by atoms with E-state index in [1.54, 1.807) is 0 Å². The first-order valence-electron chi connectivity index (χ1n) is 3.10. The first kappa shape index (κ1) is 11.6. The van der Waals surface area contributed by atoms with Crippen LogP contribution in [0.5, 0.6) is 11.6 Å². The maximum atomic E-state index is 11.8. The van der Waals surface area contributed by atoms with Gasteiger partial charge in [0.1, 0.15) is 4.60 Å². The van der Waals surface area contributed by atoms with Gasteiger partial charge in [0.2, 0.25) is 0 Å². The Balaban J connectivity index is 3.09. The summed E-state index contributed by atoms with van der Waals surface area (Å²) in [5, 5.41) is 9.13. The van der Waals surface area contributed by atoms with E-state index in [0.29, 0.717) is 0 Å². The Hall–Kier alpha value is -0.500. The molecule has 1 N–H and O–H groups in total. The highest BCUT2D eigenvalue weighted by Crippen LogP contribution is 2.36. The van der Waals surface area contributed by atoms with Crippen LogP contribution in [-0.4, -0.2) is 16.5 Å². The van der Waals surface area contributed by atoms with Gasteiger partial charge in [-0.15, -0.1) is 13.2 Å². The highest BCUT2D eigenvalue weighted by molar-refractivity contribution is 9.11. The van der Waals surface area contributed by atoms with Crippen molar-refractivity contribution in [3.8, 4) is 11.6 Å². The molecule has 0 saturated carbocycles. The molecule has 78 valence electrons. The maximum absolute atomic E-state index is 11.8. The fourth-order valence-corrected chi connectivity index (χ4v) is 1.72. The lowest BCUT2D eigenvalue weighted by atomic mass is 10.4. The molecule has 1 rings (SSSR count). The predicted octanol–water partition coefficient (Wildman–Crippen LogP) is 3.21. The zero-order chi connectivity index (χ0) is 10.9. The molecule has 0 fully saturated rings. The minimum Gasteiger partial charge on any atom is -0.502 e. The second-order valence-electron chi connectivity index (χ2n) is 2.13. The van der Waals surface area contributed by atoms with Gasteiger partial charge in [-0.1, -0.05) is 0 Å². The summed E-state index contributed by atoms with van der Waals surface area (Å²) in [7, 11) is 0. The molecule has 0 spiro atoms. The van der Waals surface area contributed by atoms with E-state index in [9.17, 15) is 13.2 Å². The van der Waals surface area contributed by atoms with Crippen molar-refractivity contribution in [3.05, 3.63) is 15.1 Å². The summed E-state index contributed by atoms with van der Waals surface area (Å²) < 4.78 is 39.0. The molecule has 0 atom stereocenters. The molecular weight excluding hydrogens is 335 g/mol. The van der Waals surface area contributed by atoms with Crippen LogP contribution in [0.3, 0.4) is 0 Å². The smallest absolute Gasteiger partial charge is 0.502 e. The molecule has 0 unspecified atom stereocenters. The van der Waals surface area contributed by atoms with Crippen LogP contribution in [0.15, 0.2) is 15.1 Å². The third kappa shape index (κ3) is 3.02. The van der Waals surface area contributed by atoms with E-state index in [2.05, 4.69) is 41.6 Å². The molecule has 0 saturated heterocycles. The SMILES string of the molecule is Oc1c(Br)cc(Br)nc1OC(F)(F)F. The van der Waals surface area contributed by atoms with Crippen molar-refractivity contribution in [1.29, 1.82) is 0 Å². The van der Waals surface area contributed by atoms with Crippen molar-refractivity contribution in [3.63, 3.8) is 0 Å². The standard InChI is InChI=1S/C6H2Br2F3NO2/c7-2-1-3(8)12-5(4(2)13)14-6(9,10)11/h1,13H.